The average Bonchev–Trinajstić information content (AvgIpc) is 2.34. The number of sulfone groups is 1. The van der Waals surface area contributed by atoms with Crippen molar-refractivity contribution in [2.24, 2.45) is 11.3 Å². The zero-order valence-electron chi connectivity index (χ0n) is 11.8. The number of rotatable bonds is 7. The van der Waals surface area contributed by atoms with Gasteiger partial charge in [0.2, 0.25) is 0 Å². The number of hydrogen-bond donors (Lipinski definition) is 1. The second-order valence-corrected chi connectivity index (χ2v) is 8.38. The molecule has 108 valence electrons. The minimum atomic E-state index is -2.91. The van der Waals surface area contributed by atoms with Gasteiger partial charge in [0.05, 0.1) is 5.75 Å². The molecule has 0 aromatic carbocycles. The number of unbranched alkanes of at least 4 members (excludes halogenated alkanes) is 1. The van der Waals surface area contributed by atoms with E-state index in [0.29, 0.717) is 6.42 Å². The van der Waals surface area contributed by atoms with Crippen LogP contribution in [0.5, 0.6) is 0 Å². The number of aliphatic hydroxyl groups excluding tert-OH is 1. The van der Waals surface area contributed by atoms with Gasteiger partial charge in [-0.05, 0) is 43.4 Å². The monoisotopic (exact) mass is 276 g/mol. The molecule has 3 nitrogen and oxygen atoms in total. The molecule has 1 rings (SSSR count). The fourth-order valence-electron chi connectivity index (χ4n) is 2.96. The highest BCUT2D eigenvalue weighted by atomic mass is 32.2. The highest BCUT2D eigenvalue weighted by molar-refractivity contribution is 7.90. The van der Waals surface area contributed by atoms with Crippen molar-refractivity contribution in [3.63, 3.8) is 0 Å². The molecule has 1 aliphatic rings. The molecule has 0 unspecified atom stereocenters. The summed E-state index contributed by atoms with van der Waals surface area (Å²) in [5, 5.41) is 9.61. The Hall–Kier alpha value is -0.0900. The van der Waals surface area contributed by atoms with E-state index >= 15 is 0 Å². The lowest BCUT2D eigenvalue weighted by Crippen LogP contribution is -2.33. The predicted octanol–water partition coefficient (Wildman–Crippen LogP) is 2.78. The van der Waals surface area contributed by atoms with Gasteiger partial charge in [0.25, 0.3) is 0 Å². The van der Waals surface area contributed by atoms with Crippen LogP contribution in [-0.4, -0.2) is 32.1 Å². The maximum atomic E-state index is 11.3. The normalized spacial score (nSPS) is 29.4. The lowest BCUT2D eigenvalue weighted by molar-refractivity contribution is 0.0591. The first-order valence-electron chi connectivity index (χ1n) is 7.19. The van der Waals surface area contributed by atoms with Gasteiger partial charge in [0.15, 0.2) is 0 Å². The molecule has 0 bridgehead atoms. The van der Waals surface area contributed by atoms with Crippen LogP contribution in [0.1, 0.15) is 58.3 Å². The summed E-state index contributed by atoms with van der Waals surface area (Å²) in [6, 6.07) is 0. The molecule has 1 saturated carbocycles. The minimum absolute atomic E-state index is 0.119. The van der Waals surface area contributed by atoms with Crippen molar-refractivity contribution in [3.05, 3.63) is 0 Å². The maximum absolute atomic E-state index is 11.3. The van der Waals surface area contributed by atoms with E-state index < -0.39 is 9.84 Å². The van der Waals surface area contributed by atoms with Crippen LogP contribution in [-0.2, 0) is 9.84 Å². The Labute approximate surface area is 112 Å². The van der Waals surface area contributed by atoms with Crippen molar-refractivity contribution in [3.8, 4) is 0 Å². The van der Waals surface area contributed by atoms with Gasteiger partial charge < -0.3 is 5.11 Å². The summed E-state index contributed by atoms with van der Waals surface area (Å²) in [5.41, 5.74) is -0.119. The standard InChI is InChI=1S/C14H28O3S/c1-3-4-5-13-6-8-14(12-15,9-7-13)10-11-18(2,16)17/h13,15H,3-12H2,1-2H3. The zero-order valence-corrected chi connectivity index (χ0v) is 12.6. The first-order valence-corrected chi connectivity index (χ1v) is 9.25. The maximum Gasteiger partial charge on any atom is 0.147 e. The summed E-state index contributed by atoms with van der Waals surface area (Å²) < 4.78 is 22.5. The Morgan fingerprint density at radius 3 is 2.33 bits per heavy atom. The molecular formula is C14H28O3S. The van der Waals surface area contributed by atoms with Gasteiger partial charge in [-0.3, -0.25) is 0 Å². The van der Waals surface area contributed by atoms with Crippen molar-refractivity contribution < 1.29 is 13.5 Å². The second-order valence-electron chi connectivity index (χ2n) is 6.12. The molecule has 0 aromatic heterocycles. The summed E-state index contributed by atoms with van der Waals surface area (Å²) in [6.07, 6.45) is 10.0. The van der Waals surface area contributed by atoms with E-state index in [1.165, 1.54) is 25.5 Å². The molecule has 0 spiro atoms. The average molecular weight is 276 g/mol. The Bertz CT molecular complexity index is 327. The van der Waals surface area contributed by atoms with E-state index in [1.807, 2.05) is 0 Å². The molecule has 0 radical (unpaired) electrons. The van der Waals surface area contributed by atoms with Gasteiger partial charge in [-0.25, -0.2) is 8.42 Å². The van der Waals surface area contributed by atoms with Gasteiger partial charge in [0, 0.05) is 12.9 Å². The first-order chi connectivity index (χ1) is 8.41. The van der Waals surface area contributed by atoms with E-state index in [4.69, 9.17) is 0 Å². The van der Waals surface area contributed by atoms with Crippen LogP contribution in [0.2, 0.25) is 0 Å². The zero-order chi connectivity index (χ0) is 13.6. The molecule has 0 atom stereocenters. The number of hydrogen-bond acceptors (Lipinski definition) is 3. The van der Waals surface area contributed by atoms with Gasteiger partial charge >= 0.3 is 0 Å². The largest absolute Gasteiger partial charge is 0.396 e. The van der Waals surface area contributed by atoms with E-state index in [9.17, 15) is 13.5 Å². The van der Waals surface area contributed by atoms with E-state index in [-0.39, 0.29) is 17.8 Å². The summed E-state index contributed by atoms with van der Waals surface area (Å²) in [4.78, 5) is 0. The lowest BCUT2D eigenvalue weighted by atomic mass is 9.68. The van der Waals surface area contributed by atoms with Crippen LogP contribution in [0.3, 0.4) is 0 Å². The molecule has 18 heavy (non-hydrogen) atoms. The highest BCUT2D eigenvalue weighted by Crippen LogP contribution is 2.42. The van der Waals surface area contributed by atoms with Crippen molar-refractivity contribution in [1.29, 1.82) is 0 Å². The molecular weight excluding hydrogens is 248 g/mol. The van der Waals surface area contributed by atoms with Crippen LogP contribution in [0.4, 0.5) is 0 Å². The molecule has 4 heteroatoms. The summed E-state index contributed by atoms with van der Waals surface area (Å²) >= 11 is 0. The SMILES string of the molecule is CCCCC1CCC(CO)(CCS(C)(=O)=O)CC1. The summed E-state index contributed by atoms with van der Waals surface area (Å²) in [7, 11) is -2.91. The van der Waals surface area contributed by atoms with Crippen LogP contribution in [0, 0.1) is 11.3 Å². The lowest BCUT2D eigenvalue weighted by Gasteiger charge is -2.39. The molecule has 1 fully saturated rings. The molecule has 0 aliphatic heterocycles. The van der Waals surface area contributed by atoms with Crippen molar-refractivity contribution in [1.82, 2.24) is 0 Å². The smallest absolute Gasteiger partial charge is 0.147 e. The van der Waals surface area contributed by atoms with Crippen LogP contribution in [0.25, 0.3) is 0 Å². The van der Waals surface area contributed by atoms with Crippen molar-refractivity contribution in [2.75, 3.05) is 18.6 Å². The quantitative estimate of drug-likeness (QED) is 0.778. The van der Waals surface area contributed by atoms with Crippen LogP contribution < -0.4 is 0 Å². The fraction of sp³-hybridized carbons (Fsp3) is 1.00. The molecule has 0 aromatic rings. The molecule has 0 heterocycles. The third kappa shape index (κ3) is 5.27. The fourth-order valence-corrected chi connectivity index (χ4v) is 3.76. The predicted molar refractivity (Wildman–Crippen MR) is 75.3 cm³/mol. The van der Waals surface area contributed by atoms with E-state index in [2.05, 4.69) is 6.92 Å². The Morgan fingerprint density at radius 1 is 1.28 bits per heavy atom. The minimum Gasteiger partial charge on any atom is -0.396 e. The highest BCUT2D eigenvalue weighted by Gasteiger charge is 2.34. The summed E-state index contributed by atoms with van der Waals surface area (Å²) in [6.45, 7) is 2.36. The summed E-state index contributed by atoms with van der Waals surface area (Å²) in [5.74, 6) is 1.01. The van der Waals surface area contributed by atoms with Gasteiger partial charge in [-0.15, -0.1) is 0 Å². The van der Waals surface area contributed by atoms with Crippen LogP contribution in [0.15, 0.2) is 0 Å². The van der Waals surface area contributed by atoms with Gasteiger partial charge in [-0.2, -0.15) is 0 Å². The first kappa shape index (κ1) is 16.0. The third-order valence-electron chi connectivity index (χ3n) is 4.47. The van der Waals surface area contributed by atoms with Crippen LogP contribution >= 0.6 is 0 Å². The molecule has 0 saturated heterocycles. The van der Waals surface area contributed by atoms with Crippen molar-refractivity contribution in [2.45, 2.75) is 58.3 Å². The Morgan fingerprint density at radius 2 is 1.89 bits per heavy atom. The topological polar surface area (TPSA) is 54.4 Å². The van der Waals surface area contributed by atoms with E-state index in [0.717, 1.165) is 31.6 Å². The molecule has 0 amide bonds. The third-order valence-corrected chi connectivity index (χ3v) is 5.42. The van der Waals surface area contributed by atoms with Gasteiger partial charge in [-0.1, -0.05) is 26.2 Å². The molecule has 1 N–H and O–H groups in total. The number of aliphatic hydroxyl groups is 1. The second kappa shape index (κ2) is 6.90. The van der Waals surface area contributed by atoms with Gasteiger partial charge in [0.1, 0.15) is 9.84 Å². The van der Waals surface area contributed by atoms with Crippen molar-refractivity contribution >= 4 is 9.84 Å². The molecule has 1 aliphatic carbocycles. The Balaban J connectivity index is 2.44. The van der Waals surface area contributed by atoms with E-state index in [1.54, 1.807) is 0 Å². The Kier molecular flexibility index (Phi) is 6.12.